The summed E-state index contributed by atoms with van der Waals surface area (Å²) in [4.78, 5) is 28.5. The molecule has 22 heavy (non-hydrogen) atoms. The minimum absolute atomic E-state index is 0.0652. The Bertz CT molecular complexity index is 408. The summed E-state index contributed by atoms with van der Waals surface area (Å²) in [6.07, 6.45) is 1.78. The van der Waals surface area contributed by atoms with E-state index in [-0.39, 0.29) is 29.8 Å². The van der Waals surface area contributed by atoms with Crippen molar-refractivity contribution in [3.05, 3.63) is 11.6 Å². The SMILES string of the molecule is CCOC(=O)/C(C)=C/[C@H](C(C)C)N(C)C(=O)[C@@H](NCl)C(C)C. The first kappa shape index (κ1) is 20.9. The van der Waals surface area contributed by atoms with Crippen molar-refractivity contribution >= 4 is 23.7 Å². The van der Waals surface area contributed by atoms with Crippen molar-refractivity contribution in [2.24, 2.45) is 11.8 Å². The molecule has 0 aliphatic heterocycles. The molecule has 0 fully saturated rings. The van der Waals surface area contributed by atoms with E-state index < -0.39 is 6.04 Å². The lowest BCUT2D eigenvalue weighted by molar-refractivity contribution is -0.139. The average Bonchev–Trinajstić information content (AvgIpc) is 2.43. The zero-order chi connectivity index (χ0) is 17.4. The molecule has 0 rings (SSSR count). The minimum atomic E-state index is -0.468. The Balaban J connectivity index is 5.29. The Morgan fingerprint density at radius 3 is 2.14 bits per heavy atom. The predicted molar refractivity (Wildman–Crippen MR) is 89.4 cm³/mol. The number of nitrogens with zero attached hydrogens (tertiary/aromatic N) is 1. The first-order chi connectivity index (χ1) is 10.2. The number of hydrogen-bond donors (Lipinski definition) is 1. The summed E-state index contributed by atoms with van der Waals surface area (Å²) in [5, 5.41) is 0. The van der Waals surface area contributed by atoms with Crippen LogP contribution in [0, 0.1) is 11.8 Å². The number of hydrogen-bond acceptors (Lipinski definition) is 4. The maximum absolute atomic E-state index is 12.6. The fourth-order valence-electron chi connectivity index (χ4n) is 2.14. The molecule has 5 nitrogen and oxygen atoms in total. The molecule has 1 amide bonds. The fourth-order valence-corrected chi connectivity index (χ4v) is 2.49. The molecule has 1 N–H and O–H groups in total. The van der Waals surface area contributed by atoms with E-state index in [9.17, 15) is 9.59 Å². The highest BCUT2D eigenvalue weighted by Gasteiger charge is 2.29. The van der Waals surface area contributed by atoms with Gasteiger partial charge >= 0.3 is 5.97 Å². The van der Waals surface area contributed by atoms with Crippen LogP contribution in [0.15, 0.2) is 11.6 Å². The Hall–Kier alpha value is -1.07. The highest BCUT2D eigenvalue weighted by atomic mass is 35.5. The third kappa shape index (κ3) is 5.97. The highest BCUT2D eigenvalue weighted by Crippen LogP contribution is 2.17. The van der Waals surface area contributed by atoms with Gasteiger partial charge in [-0.1, -0.05) is 33.8 Å². The number of halogens is 1. The largest absolute Gasteiger partial charge is 0.463 e. The number of rotatable bonds is 8. The third-order valence-corrected chi connectivity index (χ3v) is 3.78. The van der Waals surface area contributed by atoms with Crippen LogP contribution in [-0.4, -0.2) is 42.5 Å². The van der Waals surface area contributed by atoms with Gasteiger partial charge in [0.1, 0.15) is 6.04 Å². The van der Waals surface area contributed by atoms with Gasteiger partial charge in [0.05, 0.1) is 12.6 Å². The molecule has 2 atom stereocenters. The van der Waals surface area contributed by atoms with Gasteiger partial charge in [-0.3, -0.25) is 4.79 Å². The smallest absolute Gasteiger partial charge is 0.333 e. The van der Waals surface area contributed by atoms with Crippen molar-refractivity contribution in [1.29, 1.82) is 0 Å². The van der Waals surface area contributed by atoms with Crippen molar-refractivity contribution in [1.82, 2.24) is 9.74 Å². The normalized spacial score (nSPS) is 14.9. The van der Waals surface area contributed by atoms with Crippen LogP contribution in [0.2, 0.25) is 0 Å². The lowest BCUT2D eigenvalue weighted by Crippen LogP contribution is -2.49. The summed E-state index contributed by atoms with van der Waals surface area (Å²) < 4.78 is 4.99. The Kier molecular flexibility index (Phi) is 9.37. The van der Waals surface area contributed by atoms with Crippen molar-refractivity contribution in [3.8, 4) is 0 Å². The van der Waals surface area contributed by atoms with Gasteiger partial charge in [0.25, 0.3) is 0 Å². The number of carbonyl (C=O) groups is 2. The number of ether oxygens (including phenoxy) is 1. The van der Waals surface area contributed by atoms with Crippen molar-refractivity contribution in [2.75, 3.05) is 13.7 Å². The molecule has 0 aliphatic rings. The molecule has 0 aliphatic carbocycles. The molecule has 0 unspecified atom stereocenters. The number of carbonyl (C=O) groups excluding carboxylic acids is 2. The van der Waals surface area contributed by atoms with Crippen LogP contribution in [0.1, 0.15) is 41.5 Å². The molecule has 0 spiro atoms. The zero-order valence-corrected chi connectivity index (χ0v) is 15.4. The molecule has 128 valence electrons. The summed E-state index contributed by atoms with van der Waals surface area (Å²) in [7, 11) is 1.73. The fraction of sp³-hybridized carbons (Fsp3) is 0.750. The standard InChI is InChI=1S/C16H29ClN2O3/c1-8-22-16(21)12(6)9-13(10(2)3)19(7)15(20)14(18-17)11(4)5/h9-11,13-14,18H,8H2,1-7H3/b12-9+/t13-,14+/m1/s1. The zero-order valence-electron chi connectivity index (χ0n) is 14.6. The maximum atomic E-state index is 12.6. The third-order valence-electron chi connectivity index (χ3n) is 3.55. The van der Waals surface area contributed by atoms with E-state index in [4.69, 9.17) is 16.5 Å². The summed E-state index contributed by atoms with van der Waals surface area (Å²) >= 11 is 5.70. The Morgan fingerprint density at radius 2 is 1.77 bits per heavy atom. The van der Waals surface area contributed by atoms with Crippen LogP contribution in [0.4, 0.5) is 0 Å². The van der Waals surface area contributed by atoms with Crippen LogP contribution >= 0.6 is 11.8 Å². The monoisotopic (exact) mass is 332 g/mol. The lowest BCUT2D eigenvalue weighted by Gasteiger charge is -2.33. The van der Waals surface area contributed by atoms with E-state index >= 15 is 0 Å². The lowest BCUT2D eigenvalue weighted by atomic mass is 9.97. The summed E-state index contributed by atoms with van der Waals surface area (Å²) in [5.74, 6) is -0.238. The van der Waals surface area contributed by atoms with Crippen LogP contribution in [0.25, 0.3) is 0 Å². The number of esters is 1. The minimum Gasteiger partial charge on any atom is -0.463 e. The van der Waals surface area contributed by atoms with E-state index in [0.717, 1.165) is 0 Å². The van der Waals surface area contributed by atoms with Gasteiger partial charge in [0.2, 0.25) is 5.91 Å². The van der Waals surface area contributed by atoms with E-state index in [1.165, 1.54) is 0 Å². The van der Waals surface area contributed by atoms with Crippen molar-refractivity contribution < 1.29 is 14.3 Å². The molecule has 0 radical (unpaired) electrons. The predicted octanol–water partition coefficient (Wildman–Crippen LogP) is 2.75. The topological polar surface area (TPSA) is 58.6 Å². The van der Waals surface area contributed by atoms with Crippen LogP contribution in [-0.2, 0) is 14.3 Å². The van der Waals surface area contributed by atoms with Gasteiger partial charge in [-0.05, 0) is 37.5 Å². The second-order valence-corrected chi connectivity index (χ2v) is 6.30. The van der Waals surface area contributed by atoms with E-state index in [1.54, 1.807) is 31.9 Å². The van der Waals surface area contributed by atoms with Crippen LogP contribution in [0.3, 0.4) is 0 Å². The van der Waals surface area contributed by atoms with Gasteiger partial charge < -0.3 is 9.64 Å². The molecule has 0 bridgehead atoms. The number of nitrogens with one attached hydrogen (secondary N) is 1. The second-order valence-electron chi connectivity index (χ2n) is 6.08. The molecule has 0 saturated carbocycles. The Labute approximate surface area is 139 Å². The summed E-state index contributed by atoms with van der Waals surface area (Å²) in [6, 6.07) is -0.674. The molecule has 0 saturated heterocycles. The van der Waals surface area contributed by atoms with Crippen molar-refractivity contribution in [3.63, 3.8) is 0 Å². The van der Waals surface area contributed by atoms with Gasteiger partial charge in [-0.25, -0.2) is 9.63 Å². The number of likely N-dealkylation sites (N-methyl/N-ethyl adjacent to an activating group) is 1. The molecular weight excluding hydrogens is 304 g/mol. The van der Waals surface area contributed by atoms with Crippen molar-refractivity contribution in [2.45, 2.75) is 53.6 Å². The molecular formula is C16H29ClN2O3. The quantitative estimate of drug-likeness (QED) is 0.422. The molecule has 0 heterocycles. The first-order valence-corrected chi connectivity index (χ1v) is 8.03. The molecule has 0 aromatic rings. The Morgan fingerprint density at radius 1 is 1.23 bits per heavy atom. The average molecular weight is 333 g/mol. The van der Waals surface area contributed by atoms with Crippen LogP contribution < -0.4 is 4.84 Å². The summed E-state index contributed by atoms with van der Waals surface area (Å²) in [5.41, 5.74) is 0.500. The van der Waals surface area contributed by atoms with E-state index in [0.29, 0.717) is 12.2 Å². The highest BCUT2D eigenvalue weighted by molar-refractivity contribution is 6.15. The molecule has 0 aromatic heterocycles. The van der Waals surface area contributed by atoms with Gasteiger partial charge in [-0.15, -0.1) is 0 Å². The van der Waals surface area contributed by atoms with Gasteiger partial charge in [0.15, 0.2) is 0 Å². The molecule has 6 heteroatoms. The second kappa shape index (κ2) is 9.85. The van der Waals surface area contributed by atoms with E-state index in [1.807, 2.05) is 27.7 Å². The van der Waals surface area contributed by atoms with Gasteiger partial charge in [0, 0.05) is 12.6 Å². The van der Waals surface area contributed by atoms with Gasteiger partial charge in [-0.2, -0.15) is 0 Å². The maximum Gasteiger partial charge on any atom is 0.333 e. The molecule has 0 aromatic carbocycles. The summed E-state index contributed by atoms with van der Waals surface area (Å²) in [6.45, 7) is 11.7. The van der Waals surface area contributed by atoms with E-state index in [2.05, 4.69) is 4.84 Å². The van der Waals surface area contributed by atoms with Crippen LogP contribution in [0.5, 0.6) is 0 Å². The number of amides is 1. The first-order valence-electron chi connectivity index (χ1n) is 7.65.